The fourth-order valence-corrected chi connectivity index (χ4v) is 2.41. The molecule has 1 aliphatic rings. The number of halogens is 1. The Balaban J connectivity index is 2.01. The van der Waals surface area contributed by atoms with Crippen LogP contribution >= 0.6 is 27.7 Å². The molecule has 0 bridgehead atoms. The van der Waals surface area contributed by atoms with Gasteiger partial charge in [-0.25, -0.2) is 0 Å². The van der Waals surface area contributed by atoms with E-state index in [0.29, 0.717) is 10.8 Å². The molecular weight excluding hydrogens is 288 g/mol. The third-order valence-corrected chi connectivity index (χ3v) is 3.67. The van der Waals surface area contributed by atoms with Crippen LogP contribution in [0.2, 0.25) is 0 Å². The molecule has 1 amide bonds. The van der Waals surface area contributed by atoms with Crippen LogP contribution in [0.3, 0.4) is 0 Å². The lowest BCUT2D eigenvalue weighted by Gasteiger charge is -2.04. The van der Waals surface area contributed by atoms with Crippen LogP contribution in [0.5, 0.6) is 0 Å². The minimum absolute atomic E-state index is 0.104. The van der Waals surface area contributed by atoms with Gasteiger partial charge in [-0.15, -0.1) is 0 Å². The molecule has 0 radical (unpaired) electrons. The van der Waals surface area contributed by atoms with E-state index in [9.17, 15) is 4.79 Å². The lowest BCUT2D eigenvalue weighted by Crippen LogP contribution is -2.27. The monoisotopic (exact) mass is 298 g/mol. The second kappa shape index (κ2) is 5.01. The highest BCUT2D eigenvalue weighted by Crippen LogP contribution is 2.19. The first-order chi connectivity index (χ1) is 7.65. The van der Waals surface area contributed by atoms with Gasteiger partial charge in [0.1, 0.15) is 0 Å². The fraction of sp³-hybridized carbons (Fsp3) is 0.273. The van der Waals surface area contributed by atoms with E-state index in [0.717, 1.165) is 16.2 Å². The van der Waals surface area contributed by atoms with E-state index >= 15 is 0 Å². The van der Waals surface area contributed by atoms with Crippen LogP contribution in [0.4, 0.5) is 0 Å². The predicted octanol–water partition coefficient (Wildman–Crippen LogP) is 2.67. The van der Waals surface area contributed by atoms with Crippen molar-refractivity contribution in [3.8, 4) is 0 Å². The molecule has 0 saturated heterocycles. The van der Waals surface area contributed by atoms with Gasteiger partial charge >= 0.3 is 0 Å². The van der Waals surface area contributed by atoms with Crippen molar-refractivity contribution in [1.29, 1.82) is 0 Å². The molecule has 1 unspecified atom stereocenters. The summed E-state index contributed by atoms with van der Waals surface area (Å²) in [5.74, 6) is -0.104. The lowest BCUT2D eigenvalue weighted by molar-refractivity contribution is 0.0978. The van der Waals surface area contributed by atoms with Crippen LogP contribution in [0.15, 0.2) is 33.7 Å². The highest BCUT2D eigenvalue weighted by atomic mass is 79.9. The van der Waals surface area contributed by atoms with Crippen molar-refractivity contribution in [2.24, 2.45) is 4.99 Å². The van der Waals surface area contributed by atoms with Crippen molar-refractivity contribution >= 4 is 38.8 Å². The van der Waals surface area contributed by atoms with Crippen LogP contribution < -0.4 is 5.32 Å². The average molecular weight is 299 g/mol. The maximum Gasteiger partial charge on any atom is 0.257 e. The minimum atomic E-state index is -0.104. The zero-order valence-corrected chi connectivity index (χ0v) is 11.1. The number of carbonyl (C=O) groups excluding carboxylic acids is 1. The van der Waals surface area contributed by atoms with Gasteiger partial charge in [0.05, 0.1) is 6.54 Å². The van der Waals surface area contributed by atoms with Crippen molar-refractivity contribution in [2.75, 3.05) is 6.54 Å². The smallest absolute Gasteiger partial charge is 0.257 e. The summed E-state index contributed by atoms with van der Waals surface area (Å²) in [5, 5.41) is 3.98. The topological polar surface area (TPSA) is 41.5 Å². The second-order valence-electron chi connectivity index (χ2n) is 3.54. The number of amidine groups is 1. The number of benzene rings is 1. The van der Waals surface area contributed by atoms with Gasteiger partial charge in [-0.1, -0.05) is 34.6 Å². The quantitative estimate of drug-likeness (QED) is 0.866. The third kappa shape index (κ3) is 2.86. The molecule has 5 heteroatoms. The van der Waals surface area contributed by atoms with Crippen molar-refractivity contribution in [2.45, 2.75) is 12.2 Å². The van der Waals surface area contributed by atoms with Crippen LogP contribution in [0.25, 0.3) is 0 Å². The first-order valence-electron chi connectivity index (χ1n) is 4.93. The Morgan fingerprint density at radius 3 is 2.75 bits per heavy atom. The molecule has 1 aromatic rings. The Morgan fingerprint density at radius 2 is 2.19 bits per heavy atom. The highest BCUT2D eigenvalue weighted by molar-refractivity contribution is 9.10. The van der Waals surface area contributed by atoms with Gasteiger partial charge in [0.25, 0.3) is 5.91 Å². The summed E-state index contributed by atoms with van der Waals surface area (Å²) in [6.45, 7) is 2.87. The maximum atomic E-state index is 11.8. The predicted molar refractivity (Wildman–Crippen MR) is 71.0 cm³/mol. The first kappa shape index (κ1) is 11.7. The Hall–Kier alpha value is -0.810. The third-order valence-electron chi connectivity index (χ3n) is 2.13. The highest BCUT2D eigenvalue weighted by Gasteiger charge is 2.17. The van der Waals surface area contributed by atoms with Crippen LogP contribution in [0, 0.1) is 0 Å². The SMILES string of the molecule is CC1CN=C(NC(=O)c2ccc(Br)cc2)S1. The standard InChI is InChI=1S/C11H11BrN2OS/c1-7-6-13-11(16-7)14-10(15)8-2-4-9(12)5-3-8/h2-5,7H,6H2,1H3,(H,13,14,15). The van der Waals surface area contributed by atoms with E-state index in [2.05, 4.69) is 33.2 Å². The first-order valence-corrected chi connectivity index (χ1v) is 6.60. The molecule has 3 nitrogen and oxygen atoms in total. The van der Waals surface area contributed by atoms with E-state index in [1.165, 1.54) is 0 Å². The molecular formula is C11H11BrN2OS. The molecule has 1 aromatic carbocycles. The molecule has 0 spiro atoms. The number of carbonyl (C=O) groups is 1. The Labute approximate surface area is 107 Å². The van der Waals surface area contributed by atoms with E-state index < -0.39 is 0 Å². The molecule has 0 aromatic heterocycles. The fourth-order valence-electron chi connectivity index (χ4n) is 1.32. The molecule has 0 fully saturated rings. The molecule has 16 heavy (non-hydrogen) atoms. The summed E-state index contributed by atoms with van der Waals surface area (Å²) < 4.78 is 0.963. The molecule has 1 heterocycles. The van der Waals surface area contributed by atoms with E-state index in [1.807, 2.05) is 12.1 Å². The van der Waals surface area contributed by atoms with Crippen molar-refractivity contribution in [3.05, 3.63) is 34.3 Å². The maximum absolute atomic E-state index is 11.8. The van der Waals surface area contributed by atoms with E-state index in [1.54, 1.807) is 23.9 Å². The van der Waals surface area contributed by atoms with Gasteiger partial charge in [0.15, 0.2) is 5.17 Å². The summed E-state index contributed by atoms with van der Waals surface area (Å²) in [7, 11) is 0. The normalized spacial score (nSPS) is 19.4. The summed E-state index contributed by atoms with van der Waals surface area (Å²) in [5.41, 5.74) is 0.644. The summed E-state index contributed by atoms with van der Waals surface area (Å²) >= 11 is 4.93. The number of hydrogen-bond donors (Lipinski definition) is 1. The number of thioether (sulfide) groups is 1. The van der Waals surface area contributed by atoms with Gasteiger partial charge < -0.3 is 5.32 Å². The molecule has 84 valence electrons. The van der Waals surface area contributed by atoms with Gasteiger partial charge in [-0.05, 0) is 24.3 Å². The molecule has 0 aliphatic carbocycles. The van der Waals surface area contributed by atoms with Gasteiger partial charge in [0, 0.05) is 15.3 Å². The summed E-state index contributed by atoms with van der Waals surface area (Å²) in [6.07, 6.45) is 0. The largest absolute Gasteiger partial charge is 0.301 e. The number of amides is 1. The number of nitrogens with one attached hydrogen (secondary N) is 1. The van der Waals surface area contributed by atoms with Crippen LogP contribution in [0.1, 0.15) is 17.3 Å². The zero-order chi connectivity index (χ0) is 11.5. The summed E-state index contributed by atoms with van der Waals surface area (Å²) in [4.78, 5) is 16.0. The van der Waals surface area contributed by atoms with E-state index in [-0.39, 0.29) is 5.91 Å². The molecule has 1 N–H and O–H groups in total. The van der Waals surface area contributed by atoms with Crippen molar-refractivity contribution in [3.63, 3.8) is 0 Å². The Bertz CT molecular complexity index is 430. The second-order valence-corrected chi connectivity index (χ2v) is 5.88. The van der Waals surface area contributed by atoms with Crippen molar-refractivity contribution < 1.29 is 4.79 Å². The summed E-state index contributed by atoms with van der Waals surface area (Å²) in [6, 6.07) is 7.26. The zero-order valence-electron chi connectivity index (χ0n) is 8.74. The molecule has 1 aliphatic heterocycles. The minimum Gasteiger partial charge on any atom is -0.301 e. The van der Waals surface area contributed by atoms with Gasteiger partial charge in [-0.3, -0.25) is 9.79 Å². The molecule has 1 atom stereocenters. The molecule has 0 saturated carbocycles. The number of rotatable bonds is 1. The lowest BCUT2D eigenvalue weighted by atomic mass is 10.2. The molecule has 2 rings (SSSR count). The van der Waals surface area contributed by atoms with Crippen LogP contribution in [-0.2, 0) is 0 Å². The Kier molecular flexibility index (Phi) is 3.66. The van der Waals surface area contributed by atoms with Gasteiger partial charge in [-0.2, -0.15) is 0 Å². The number of hydrogen-bond acceptors (Lipinski definition) is 3. The average Bonchev–Trinajstić information content (AvgIpc) is 2.65. The van der Waals surface area contributed by atoms with Gasteiger partial charge in [0.2, 0.25) is 0 Å². The number of nitrogens with zero attached hydrogens (tertiary/aromatic N) is 1. The van der Waals surface area contributed by atoms with E-state index in [4.69, 9.17) is 0 Å². The number of aliphatic imine (C=N–C) groups is 1. The Morgan fingerprint density at radius 1 is 1.50 bits per heavy atom. The van der Waals surface area contributed by atoms with Crippen molar-refractivity contribution in [1.82, 2.24) is 5.32 Å². The van der Waals surface area contributed by atoms with Crippen LogP contribution in [-0.4, -0.2) is 22.9 Å².